The van der Waals surface area contributed by atoms with E-state index in [9.17, 15) is 4.79 Å². The quantitative estimate of drug-likeness (QED) is 0.385. The van der Waals surface area contributed by atoms with Crippen LogP contribution in [0.25, 0.3) is 0 Å². The van der Waals surface area contributed by atoms with Crippen LogP contribution in [0.4, 0.5) is 0 Å². The van der Waals surface area contributed by atoms with Crippen molar-refractivity contribution < 1.29 is 9.53 Å². The van der Waals surface area contributed by atoms with E-state index < -0.39 is 0 Å². The van der Waals surface area contributed by atoms with Gasteiger partial charge in [-0.1, -0.05) is 19.1 Å². The summed E-state index contributed by atoms with van der Waals surface area (Å²) in [6.07, 6.45) is 3.92. The molecule has 0 saturated carbocycles. The molecule has 32 heavy (non-hydrogen) atoms. The second-order valence-corrected chi connectivity index (χ2v) is 9.39. The van der Waals surface area contributed by atoms with Gasteiger partial charge in [-0.3, -0.25) is 9.79 Å². The minimum atomic E-state index is 0.0761. The number of nitrogens with one attached hydrogen (secondary N) is 2. The molecule has 3 rings (SSSR count). The van der Waals surface area contributed by atoms with Crippen molar-refractivity contribution in [3.8, 4) is 0 Å². The number of hydrogen-bond donors (Lipinski definition) is 2. The molecule has 2 heterocycles. The Balaban J connectivity index is 1.38. The lowest BCUT2D eigenvalue weighted by molar-refractivity contribution is -0.0586. The second-order valence-electron chi connectivity index (χ2n) is 9.39. The Kier molecular flexibility index (Phi) is 9.36. The molecule has 178 valence electrons. The summed E-state index contributed by atoms with van der Waals surface area (Å²) in [5, 5.41) is 6.78. The van der Waals surface area contributed by atoms with E-state index in [1.165, 1.54) is 25.9 Å². The van der Waals surface area contributed by atoms with Crippen LogP contribution >= 0.6 is 0 Å². The summed E-state index contributed by atoms with van der Waals surface area (Å²) in [4.78, 5) is 21.6. The van der Waals surface area contributed by atoms with Gasteiger partial charge in [0.05, 0.1) is 12.2 Å². The van der Waals surface area contributed by atoms with Crippen molar-refractivity contribution in [2.45, 2.75) is 58.8 Å². The fourth-order valence-corrected chi connectivity index (χ4v) is 4.49. The van der Waals surface area contributed by atoms with Crippen LogP contribution < -0.4 is 10.6 Å². The number of piperidine rings is 1. The van der Waals surface area contributed by atoms with Crippen molar-refractivity contribution in [1.82, 2.24) is 20.4 Å². The fourth-order valence-electron chi connectivity index (χ4n) is 4.49. The van der Waals surface area contributed by atoms with Gasteiger partial charge in [-0.05, 0) is 76.4 Å². The highest BCUT2D eigenvalue weighted by molar-refractivity contribution is 5.94. The van der Waals surface area contributed by atoms with E-state index in [0.29, 0.717) is 19.6 Å². The van der Waals surface area contributed by atoms with Crippen molar-refractivity contribution in [3.63, 3.8) is 0 Å². The van der Waals surface area contributed by atoms with Crippen LogP contribution in [0.5, 0.6) is 0 Å². The first kappa shape index (κ1) is 24.5. The molecule has 2 unspecified atom stereocenters. The number of rotatable bonds is 7. The van der Waals surface area contributed by atoms with Crippen molar-refractivity contribution in [2.24, 2.45) is 10.9 Å². The molecule has 7 heteroatoms. The lowest BCUT2D eigenvalue weighted by atomic mass is 9.99. The Morgan fingerprint density at radius 1 is 1.06 bits per heavy atom. The monoisotopic (exact) mass is 443 g/mol. The number of morpholine rings is 1. The van der Waals surface area contributed by atoms with Crippen LogP contribution in [0.2, 0.25) is 0 Å². The zero-order valence-corrected chi connectivity index (χ0v) is 20.3. The first-order valence-electron chi connectivity index (χ1n) is 12.1. The van der Waals surface area contributed by atoms with Crippen LogP contribution in [0.15, 0.2) is 29.3 Å². The molecule has 0 aliphatic carbocycles. The van der Waals surface area contributed by atoms with Crippen molar-refractivity contribution in [3.05, 3.63) is 35.4 Å². The van der Waals surface area contributed by atoms with E-state index in [2.05, 4.69) is 27.4 Å². The van der Waals surface area contributed by atoms with E-state index in [4.69, 9.17) is 4.74 Å². The van der Waals surface area contributed by atoms with Gasteiger partial charge in [0.1, 0.15) is 0 Å². The largest absolute Gasteiger partial charge is 0.372 e. The van der Waals surface area contributed by atoms with Gasteiger partial charge in [0.15, 0.2) is 5.96 Å². The van der Waals surface area contributed by atoms with Crippen LogP contribution in [0.1, 0.15) is 56.0 Å². The average Bonchev–Trinajstić information content (AvgIpc) is 2.79. The molecular formula is C25H41N5O2. The van der Waals surface area contributed by atoms with Crippen molar-refractivity contribution in [2.75, 3.05) is 46.3 Å². The molecule has 0 aromatic heterocycles. The SMILES string of the molecule is CN=C(NCCCN1CCC(C)CC1)NCc1ccc(C(=O)N2CC(C)OC(C)C2)cc1. The molecule has 2 aliphatic heterocycles. The molecule has 0 bridgehead atoms. The topological polar surface area (TPSA) is 69.2 Å². The van der Waals surface area contributed by atoms with Gasteiger partial charge in [-0.15, -0.1) is 0 Å². The number of carbonyl (C=O) groups excluding carboxylic acids is 1. The Hall–Kier alpha value is -2.12. The third kappa shape index (κ3) is 7.48. The molecule has 1 amide bonds. The van der Waals surface area contributed by atoms with Gasteiger partial charge >= 0.3 is 0 Å². The minimum Gasteiger partial charge on any atom is -0.372 e. The predicted octanol–water partition coefficient (Wildman–Crippen LogP) is 2.72. The van der Waals surface area contributed by atoms with Gasteiger partial charge in [0.2, 0.25) is 0 Å². The van der Waals surface area contributed by atoms with Crippen LogP contribution in [0.3, 0.4) is 0 Å². The zero-order chi connectivity index (χ0) is 22.9. The number of benzene rings is 1. The number of aliphatic imine (C=N–C) groups is 1. The number of nitrogens with zero attached hydrogens (tertiary/aromatic N) is 3. The summed E-state index contributed by atoms with van der Waals surface area (Å²) in [6, 6.07) is 7.86. The van der Waals surface area contributed by atoms with E-state index in [1.807, 2.05) is 43.0 Å². The Labute approximate surface area is 193 Å². The lowest BCUT2D eigenvalue weighted by Crippen LogP contribution is -2.48. The second kappa shape index (κ2) is 12.2. The van der Waals surface area contributed by atoms with E-state index >= 15 is 0 Å². The maximum Gasteiger partial charge on any atom is 0.254 e. The molecule has 2 fully saturated rings. The first-order valence-corrected chi connectivity index (χ1v) is 12.1. The Morgan fingerprint density at radius 3 is 2.34 bits per heavy atom. The van der Waals surface area contributed by atoms with Gasteiger partial charge in [-0.25, -0.2) is 0 Å². The van der Waals surface area contributed by atoms with Gasteiger partial charge < -0.3 is 25.2 Å². The van der Waals surface area contributed by atoms with Crippen LogP contribution in [-0.2, 0) is 11.3 Å². The highest BCUT2D eigenvalue weighted by Crippen LogP contribution is 2.16. The molecule has 2 aliphatic rings. The highest BCUT2D eigenvalue weighted by Gasteiger charge is 2.26. The summed E-state index contributed by atoms with van der Waals surface area (Å²) in [7, 11) is 1.80. The standard InChI is InChI=1S/C25H41N5O2/c1-19-10-14-29(15-11-19)13-5-12-27-25(26-4)28-16-22-6-8-23(9-7-22)24(31)30-17-20(2)32-21(3)18-30/h6-9,19-21H,5,10-18H2,1-4H3,(H2,26,27,28). The maximum atomic E-state index is 12.8. The highest BCUT2D eigenvalue weighted by atomic mass is 16.5. The first-order chi connectivity index (χ1) is 15.4. The third-order valence-electron chi connectivity index (χ3n) is 6.41. The zero-order valence-electron chi connectivity index (χ0n) is 20.3. The normalized spacial score (nSPS) is 23.2. The summed E-state index contributed by atoms with van der Waals surface area (Å²) >= 11 is 0. The fraction of sp³-hybridized carbons (Fsp3) is 0.680. The van der Waals surface area contributed by atoms with Crippen LogP contribution in [-0.4, -0.2) is 80.2 Å². The predicted molar refractivity (Wildman–Crippen MR) is 130 cm³/mol. The van der Waals surface area contributed by atoms with Crippen molar-refractivity contribution in [1.29, 1.82) is 0 Å². The van der Waals surface area contributed by atoms with Gasteiger partial charge in [0, 0.05) is 38.8 Å². The number of hydrogen-bond acceptors (Lipinski definition) is 4. The smallest absolute Gasteiger partial charge is 0.254 e. The number of likely N-dealkylation sites (tertiary alicyclic amines) is 1. The molecule has 2 saturated heterocycles. The van der Waals surface area contributed by atoms with E-state index in [-0.39, 0.29) is 18.1 Å². The summed E-state index contributed by atoms with van der Waals surface area (Å²) in [5.74, 6) is 1.77. The molecule has 1 aromatic carbocycles. The molecule has 0 spiro atoms. The number of amides is 1. The number of carbonyl (C=O) groups is 1. The van der Waals surface area contributed by atoms with E-state index in [0.717, 1.165) is 42.5 Å². The molecule has 1 aromatic rings. The number of ether oxygens (including phenoxy) is 1. The average molecular weight is 444 g/mol. The number of guanidine groups is 1. The summed E-state index contributed by atoms with van der Waals surface area (Å²) in [5.41, 5.74) is 1.85. The molecule has 2 N–H and O–H groups in total. The third-order valence-corrected chi connectivity index (χ3v) is 6.41. The Bertz CT molecular complexity index is 733. The van der Waals surface area contributed by atoms with Gasteiger partial charge in [-0.2, -0.15) is 0 Å². The minimum absolute atomic E-state index is 0.0761. The van der Waals surface area contributed by atoms with Gasteiger partial charge in [0.25, 0.3) is 5.91 Å². The van der Waals surface area contributed by atoms with Crippen molar-refractivity contribution >= 4 is 11.9 Å². The lowest BCUT2D eigenvalue weighted by Gasteiger charge is -2.35. The summed E-state index contributed by atoms with van der Waals surface area (Å²) < 4.78 is 5.73. The Morgan fingerprint density at radius 2 is 1.72 bits per heavy atom. The van der Waals surface area contributed by atoms with Crippen LogP contribution in [0, 0.1) is 5.92 Å². The molecule has 0 radical (unpaired) electrons. The molecular weight excluding hydrogens is 402 g/mol. The molecule has 7 nitrogen and oxygen atoms in total. The maximum absolute atomic E-state index is 12.8. The molecule has 2 atom stereocenters. The van der Waals surface area contributed by atoms with E-state index in [1.54, 1.807) is 7.05 Å². The summed E-state index contributed by atoms with van der Waals surface area (Å²) in [6.45, 7) is 12.9.